The van der Waals surface area contributed by atoms with Crippen LogP contribution < -0.4 is 10.1 Å². The van der Waals surface area contributed by atoms with Crippen molar-refractivity contribution in [2.24, 2.45) is 0 Å². The molecule has 3 aromatic carbocycles. The van der Waals surface area contributed by atoms with E-state index >= 15 is 0 Å². The summed E-state index contributed by atoms with van der Waals surface area (Å²) in [5.74, 6) is 0.120. The van der Waals surface area contributed by atoms with Crippen molar-refractivity contribution in [2.45, 2.75) is 32.6 Å². The molecule has 0 unspecified atom stereocenters. The number of alkyl carbamates (subject to hydrolysis) is 1. The average Bonchev–Trinajstić information content (AvgIpc) is 2.83. The zero-order chi connectivity index (χ0) is 23.5. The van der Waals surface area contributed by atoms with Crippen molar-refractivity contribution in [3.05, 3.63) is 99.1 Å². The van der Waals surface area contributed by atoms with E-state index in [1.807, 2.05) is 78.9 Å². The van der Waals surface area contributed by atoms with Gasteiger partial charge >= 0.3 is 12.1 Å². The molecule has 0 aromatic heterocycles. The summed E-state index contributed by atoms with van der Waals surface area (Å²) in [5, 5.41) is 2.65. The van der Waals surface area contributed by atoms with Gasteiger partial charge in [-0.2, -0.15) is 0 Å². The summed E-state index contributed by atoms with van der Waals surface area (Å²) < 4.78 is 17.5. The van der Waals surface area contributed by atoms with Crippen LogP contribution >= 0.6 is 22.6 Å². The third-order valence-electron chi connectivity index (χ3n) is 4.76. The van der Waals surface area contributed by atoms with Crippen LogP contribution in [0.4, 0.5) is 4.79 Å². The van der Waals surface area contributed by atoms with E-state index in [1.54, 1.807) is 6.92 Å². The molecule has 1 N–H and O–H groups in total. The molecule has 0 aliphatic carbocycles. The van der Waals surface area contributed by atoms with Gasteiger partial charge in [0.05, 0.1) is 6.61 Å². The number of nitrogens with one attached hydrogen (secondary N) is 1. The second-order valence-corrected chi connectivity index (χ2v) is 8.49. The smallest absolute Gasteiger partial charge is 0.408 e. The summed E-state index contributed by atoms with van der Waals surface area (Å²) in [7, 11) is 0. The highest BCUT2D eigenvalue weighted by Gasteiger charge is 2.25. The number of esters is 1. The molecule has 0 saturated carbocycles. The summed E-state index contributed by atoms with van der Waals surface area (Å²) in [5.41, 5.74) is 2.68. The second-order valence-electron chi connectivity index (χ2n) is 7.24. The third kappa shape index (κ3) is 8.09. The van der Waals surface area contributed by atoms with Crippen molar-refractivity contribution in [3.63, 3.8) is 0 Å². The first-order valence-electron chi connectivity index (χ1n) is 10.6. The maximum absolute atomic E-state index is 12.6. The molecular formula is C26H26INO5. The number of ether oxygens (including phenoxy) is 3. The Kier molecular flexibility index (Phi) is 9.56. The Morgan fingerprint density at radius 3 is 2.15 bits per heavy atom. The second kappa shape index (κ2) is 12.8. The molecule has 3 aromatic rings. The van der Waals surface area contributed by atoms with Crippen molar-refractivity contribution in [2.75, 3.05) is 6.61 Å². The zero-order valence-electron chi connectivity index (χ0n) is 18.3. The summed E-state index contributed by atoms with van der Waals surface area (Å²) >= 11 is 2.20. The maximum Gasteiger partial charge on any atom is 0.408 e. The number of hydrogen-bond donors (Lipinski definition) is 1. The van der Waals surface area contributed by atoms with Crippen LogP contribution in [0, 0.1) is 3.57 Å². The molecule has 1 amide bonds. The Morgan fingerprint density at radius 2 is 1.52 bits per heavy atom. The largest absolute Gasteiger partial charge is 0.489 e. The fourth-order valence-electron chi connectivity index (χ4n) is 3.15. The minimum Gasteiger partial charge on any atom is -0.489 e. The highest BCUT2D eigenvalue weighted by atomic mass is 127. The van der Waals surface area contributed by atoms with Gasteiger partial charge in [-0.3, -0.25) is 0 Å². The van der Waals surface area contributed by atoms with Gasteiger partial charge in [0, 0.05) is 9.99 Å². The van der Waals surface area contributed by atoms with E-state index in [0.717, 1.165) is 20.3 Å². The summed E-state index contributed by atoms with van der Waals surface area (Å²) in [6.07, 6.45) is -0.477. The molecule has 33 heavy (non-hydrogen) atoms. The monoisotopic (exact) mass is 559 g/mol. The van der Waals surface area contributed by atoms with Crippen LogP contribution in [0.3, 0.4) is 0 Å². The number of halogens is 1. The molecule has 0 aliphatic heterocycles. The molecule has 6 nitrogen and oxygen atoms in total. The highest BCUT2D eigenvalue weighted by molar-refractivity contribution is 14.1. The lowest BCUT2D eigenvalue weighted by Gasteiger charge is -2.19. The van der Waals surface area contributed by atoms with Gasteiger partial charge in [0.1, 0.15) is 25.0 Å². The molecule has 0 saturated heterocycles. The maximum atomic E-state index is 12.6. The number of amides is 1. The van der Waals surface area contributed by atoms with Gasteiger partial charge in [-0.1, -0.05) is 60.7 Å². The molecule has 7 heteroatoms. The molecule has 0 heterocycles. The van der Waals surface area contributed by atoms with Crippen LogP contribution in [0.25, 0.3) is 0 Å². The summed E-state index contributed by atoms with van der Waals surface area (Å²) in [6.45, 7) is 2.43. The van der Waals surface area contributed by atoms with Crippen LogP contribution in [0.5, 0.6) is 5.75 Å². The van der Waals surface area contributed by atoms with Gasteiger partial charge in [-0.25, -0.2) is 9.59 Å². The number of rotatable bonds is 10. The van der Waals surface area contributed by atoms with Gasteiger partial charge in [0.25, 0.3) is 0 Å². The lowest BCUT2D eigenvalue weighted by molar-refractivity contribution is -0.145. The van der Waals surface area contributed by atoms with Crippen LogP contribution in [0.1, 0.15) is 23.6 Å². The SMILES string of the molecule is CCOC(=O)[C@H](Cc1cc(I)ccc1OCc1ccccc1)NC(=O)OCc1ccccc1. The normalized spacial score (nSPS) is 11.3. The quantitative estimate of drug-likeness (QED) is 0.271. The van der Waals surface area contributed by atoms with E-state index in [-0.39, 0.29) is 19.6 Å². The van der Waals surface area contributed by atoms with E-state index in [9.17, 15) is 9.59 Å². The van der Waals surface area contributed by atoms with Crippen molar-refractivity contribution in [1.82, 2.24) is 5.32 Å². The number of hydrogen-bond acceptors (Lipinski definition) is 5. The van der Waals surface area contributed by atoms with Crippen molar-refractivity contribution in [3.8, 4) is 5.75 Å². The van der Waals surface area contributed by atoms with Crippen LogP contribution in [-0.2, 0) is 33.9 Å². The lowest BCUT2D eigenvalue weighted by Crippen LogP contribution is -2.43. The van der Waals surface area contributed by atoms with E-state index in [0.29, 0.717) is 12.4 Å². The molecule has 0 radical (unpaired) electrons. The average molecular weight is 559 g/mol. The molecule has 172 valence electrons. The Bertz CT molecular complexity index is 1040. The molecule has 3 rings (SSSR count). The van der Waals surface area contributed by atoms with E-state index < -0.39 is 18.1 Å². The first-order valence-corrected chi connectivity index (χ1v) is 11.7. The van der Waals surface area contributed by atoms with Crippen molar-refractivity contribution in [1.29, 1.82) is 0 Å². The summed E-state index contributed by atoms with van der Waals surface area (Å²) in [4.78, 5) is 25.0. The molecule has 0 aliphatic rings. The third-order valence-corrected chi connectivity index (χ3v) is 5.43. The van der Waals surface area contributed by atoms with Gasteiger partial charge in [-0.05, 0) is 64.4 Å². The topological polar surface area (TPSA) is 73.9 Å². The first-order chi connectivity index (χ1) is 16.0. The highest BCUT2D eigenvalue weighted by Crippen LogP contribution is 2.24. The molecule has 0 spiro atoms. The Hall–Kier alpha value is -3.07. The fourth-order valence-corrected chi connectivity index (χ4v) is 3.70. The Morgan fingerprint density at radius 1 is 0.879 bits per heavy atom. The number of carbonyl (C=O) groups excluding carboxylic acids is 2. The first kappa shape index (κ1) is 24.6. The summed E-state index contributed by atoms with van der Waals surface area (Å²) in [6, 6.07) is 24.0. The van der Waals surface area contributed by atoms with Gasteiger partial charge in [0.2, 0.25) is 0 Å². The molecule has 1 atom stereocenters. The van der Waals surface area contributed by atoms with Gasteiger partial charge in [0.15, 0.2) is 0 Å². The number of carbonyl (C=O) groups is 2. The minimum absolute atomic E-state index is 0.108. The molecular weight excluding hydrogens is 533 g/mol. The van der Waals surface area contributed by atoms with Crippen LogP contribution in [-0.4, -0.2) is 24.7 Å². The molecule has 0 bridgehead atoms. The minimum atomic E-state index is -0.912. The van der Waals surface area contributed by atoms with Gasteiger partial charge in [-0.15, -0.1) is 0 Å². The van der Waals surface area contributed by atoms with E-state index in [2.05, 4.69) is 27.9 Å². The van der Waals surface area contributed by atoms with Crippen molar-refractivity contribution < 1.29 is 23.8 Å². The number of benzene rings is 3. The van der Waals surface area contributed by atoms with Crippen molar-refractivity contribution >= 4 is 34.7 Å². The van der Waals surface area contributed by atoms with E-state index in [4.69, 9.17) is 14.2 Å². The van der Waals surface area contributed by atoms with Gasteiger partial charge < -0.3 is 19.5 Å². The van der Waals surface area contributed by atoms with E-state index in [1.165, 1.54) is 0 Å². The lowest BCUT2D eigenvalue weighted by atomic mass is 10.0. The predicted octanol–water partition coefficient (Wildman–Crippen LogP) is 5.27. The molecule has 0 fully saturated rings. The van der Waals surface area contributed by atoms with Crippen LogP contribution in [0.15, 0.2) is 78.9 Å². The Labute approximate surface area is 207 Å². The standard InChI is InChI=1S/C26H26INO5/c1-2-31-25(29)23(28-26(30)33-18-20-11-7-4-8-12-20)16-21-15-22(27)13-14-24(21)32-17-19-9-5-3-6-10-19/h3-15,23H,2,16-18H2,1H3,(H,28,30)/t23-/m0/s1. The van der Waals surface area contributed by atoms with Crippen LogP contribution in [0.2, 0.25) is 0 Å². The predicted molar refractivity (Wildman–Crippen MR) is 134 cm³/mol. The zero-order valence-corrected chi connectivity index (χ0v) is 20.5. The fraction of sp³-hybridized carbons (Fsp3) is 0.231. The Balaban J connectivity index is 1.70.